The zero-order chi connectivity index (χ0) is 9.61. The molecule has 0 radical (unpaired) electrons. The lowest BCUT2D eigenvalue weighted by Gasteiger charge is -2.21. The molecule has 0 saturated heterocycles. The second-order valence-corrected chi connectivity index (χ2v) is 4.45. The van der Waals surface area contributed by atoms with E-state index in [1.54, 1.807) is 0 Å². The highest BCUT2D eigenvalue weighted by Crippen LogP contribution is 2.11. The third-order valence-corrected chi connectivity index (χ3v) is 1.66. The van der Waals surface area contributed by atoms with Crippen molar-refractivity contribution in [3.63, 3.8) is 0 Å². The zero-order valence-electron chi connectivity index (χ0n) is 8.78. The molecule has 0 aliphatic rings. The second kappa shape index (κ2) is 5.22. The lowest BCUT2D eigenvalue weighted by molar-refractivity contribution is 0.363. The lowest BCUT2D eigenvalue weighted by Crippen LogP contribution is -2.34. The molecule has 0 fully saturated rings. The van der Waals surface area contributed by atoms with Crippen LogP contribution in [-0.4, -0.2) is 12.6 Å². The molecule has 0 heterocycles. The van der Waals surface area contributed by atoms with E-state index in [4.69, 9.17) is 6.42 Å². The average Bonchev–Trinajstić information content (AvgIpc) is 1.96. The summed E-state index contributed by atoms with van der Waals surface area (Å²) >= 11 is 0. The number of nitrogens with one attached hydrogen (secondary N) is 1. The standard InChI is InChI=1S/C11H21N/c1-6-8-10(7-2)12-9-11(3,4)5/h2,10,12H,6,8-9H2,1,3-5H3. The van der Waals surface area contributed by atoms with E-state index in [0.717, 1.165) is 19.4 Å². The van der Waals surface area contributed by atoms with Gasteiger partial charge in [0.25, 0.3) is 0 Å². The van der Waals surface area contributed by atoms with E-state index in [9.17, 15) is 0 Å². The molecular weight excluding hydrogens is 146 g/mol. The van der Waals surface area contributed by atoms with Crippen LogP contribution < -0.4 is 5.32 Å². The van der Waals surface area contributed by atoms with Crippen molar-refractivity contribution in [2.45, 2.75) is 46.6 Å². The summed E-state index contributed by atoms with van der Waals surface area (Å²) in [4.78, 5) is 0. The van der Waals surface area contributed by atoms with Crippen molar-refractivity contribution in [1.29, 1.82) is 0 Å². The van der Waals surface area contributed by atoms with Crippen molar-refractivity contribution in [1.82, 2.24) is 5.32 Å². The number of terminal acetylenes is 1. The summed E-state index contributed by atoms with van der Waals surface area (Å²) in [6.07, 6.45) is 7.60. The lowest BCUT2D eigenvalue weighted by atomic mass is 9.96. The SMILES string of the molecule is C#CC(CCC)NCC(C)(C)C. The minimum absolute atomic E-state index is 0.259. The first kappa shape index (κ1) is 11.5. The van der Waals surface area contributed by atoms with Crippen molar-refractivity contribution in [3.05, 3.63) is 0 Å². The summed E-state index contributed by atoms with van der Waals surface area (Å²) in [7, 11) is 0. The monoisotopic (exact) mass is 167 g/mol. The molecule has 0 saturated carbocycles. The normalized spacial score (nSPS) is 13.9. The van der Waals surface area contributed by atoms with Crippen LogP contribution in [0.25, 0.3) is 0 Å². The topological polar surface area (TPSA) is 12.0 Å². The highest BCUT2D eigenvalue weighted by molar-refractivity contribution is 4.98. The summed E-state index contributed by atoms with van der Waals surface area (Å²) in [5.74, 6) is 2.76. The molecular formula is C11H21N. The van der Waals surface area contributed by atoms with Crippen LogP contribution in [0.3, 0.4) is 0 Å². The Balaban J connectivity index is 3.67. The van der Waals surface area contributed by atoms with Gasteiger partial charge < -0.3 is 5.32 Å². The predicted molar refractivity (Wildman–Crippen MR) is 55.0 cm³/mol. The molecule has 0 aliphatic carbocycles. The molecule has 12 heavy (non-hydrogen) atoms. The summed E-state index contributed by atoms with van der Waals surface area (Å²) in [5.41, 5.74) is 0.322. The third-order valence-electron chi connectivity index (χ3n) is 1.66. The van der Waals surface area contributed by atoms with E-state index in [1.165, 1.54) is 0 Å². The Bertz CT molecular complexity index is 147. The summed E-state index contributed by atoms with van der Waals surface area (Å²) in [5, 5.41) is 3.37. The molecule has 1 nitrogen and oxygen atoms in total. The van der Waals surface area contributed by atoms with Crippen molar-refractivity contribution >= 4 is 0 Å². The van der Waals surface area contributed by atoms with Crippen LogP contribution >= 0.6 is 0 Å². The third kappa shape index (κ3) is 6.24. The minimum atomic E-state index is 0.259. The average molecular weight is 167 g/mol. The van der Waals surface area contributed by atoms with Gasteiger partial charge in [-0.2, -0.15) is 0 Å². The maximum atomic E-state index is 5.38. The Hall–Kier alpha value is -0.480. The molecule has 1 atom stereocenters. The smallest absolute Gasteiger partial charge is 0.0687 e. The second-order valence-electron chi connectivity index (χ2n) is 4.45. The Morgan fingerprint density at radius 1 is 1.42 bits per heavy atom. The Morgan fingerprint density at radius 2 is 2.00 bits per heavy atom. The molecule has 70 valence electrons. The highest BCUT2D eigenvalue weighted by atomic mass is 14.9. The number of hydrogen-bond donors (Lipinski definition) is 1. The Morgan fingerprint density at radius 3 is 2.33 bits per heavy atom. The molecule has 0 aromatic rings. The van der Waals surface area contributed by atoms with Crippen LogP contribution in [0.2, 0.25) is 0 Å². The zero-order valence-corrected chi connectivity index (χ0v) is 8.78. The molecule has 0 aliphatic heterocycles. The maximum absolute atomic E-state index is 5.38. The molecule has 0 amide bonds. The van der Waals surface area contributed by atoms with E-state index in [1.807, 2.05) is 0 Å². The fraction of sp³-hybridized carbons (Fsp3) is 0.818. The van der Waals surface area contributed by atoms with Gasteiger partial charge in [0.15, 0.2) is 0 Å². The van der Waals surface area contributed by atoms with Crippen molar-refractivity contribution < 1.29 is 0 Å². The van der Waals surface area contributed by atoms with Gasteiger partial charge in [-0.05, 0) is 11.8 Å². The van der Waals surface area contributed by atoms with Crippen LogP contribution in [0.1, 0.15) is 40.5 Å². The van der Waals surface area contributed by atoms with Crippen LogP contribution in [0.4, 0.5) is 0 Å². The van der Waals surface area contributed by atoms with Gasteiger partial charge in [0.2, 0.25) is 0 Å². The minimum Gasteiger partial charge on any atom is -0.303 e. The van der Waals surface area contributed by atoms with Gasteiger partial charge in [0.05, 0.1) is 6.04 Å². The van der Waals surface area contributed by atoms with Crippen molar-refractivity contribution in [3.8, 4) is 12.3 Å². The molecule has 0 bridgehead atoms. The van der Waals surface area contributed by atoms with Crippen LogP contribution in [0.15, 0.2) is 0 Å². The van der Waals surface area contributed by atoms with Crippen LogP contribution in [0.5, 0.6) is 0 Å². The molecule has 0 spiro atoms. The Kier molecular flexibility index (Phi) is 5.01. The van der Waals surface area contributed by atoms with Gasteiger partial charge in [-0.25, -0.2) is 0 Å². The summed E-state index contributed by atoms with van der Waals surface area (Å²) in [6.45, 7) is 9.77. The Labute approximate surface area is 76.9 Å². The van der Waals surface area contributed by atoms with Crippen molar-refractivity contribution in [2.75, 3.05) is 6.54 Å². The van der Waals surface area contributed by atoms with E-state index < -0.39 is 0 Å². The van der Waals surface area contributed by atoms with E-state index in [-0.39, 0.29) is 6.04 Å². The maximum Gasteiger partial charge on any atom is 0.0687 e. The fourth-order valence-corrected chi connectivity index (χ4v) is 0.962. The van der Waals surface area contributed by atoms with Crippen LogP contribution in [0, 0.1) is 17.8 Å². The first-order valence-corrected chi connectivity index (χ1v) is 4.69. The quantitative estimate of drug-likeness (QED) is 0.634. The predicted octanol–water partition coefficient (Wildman–Crippen LogP) is 2.42. The molecule has 0 aromatic heterocycles. The van der Waals surface area contributed by atoms with E-state index in [0.29, 0.717) is 5.41 Å². The fourth-order valence-electron chi connectivity index (χ4n) is 0.962. The summed E-state index contributed by atoms with van der Waals surface area (Å²) < 4.78 is 0. The van der Waals surface area contributed by atoms with Gasteiger partial charge in [-0.15, -0.1) is 6.42 Å². The molecule has 0 aromatic carbocycles. The number of hydrogen-bond acceptors (Lipinski definition) is 1. The molecule has 1 unspecified atom stereocenters. The van der Waals surface area contributed by atoms with Crippen molar-refractivity contribution in [2.24, 2.45) is 5.41 Å². The van der Waals surface area contributed by atoms with Gasteiger partial charge >= 0.3 is 0 Å². The van der Waals surface area contributed by atoms with Gasteiger partial charge in [-0.3, -0.25) is 0 Å². The first-order valence-electron chi connectivity index (χ1n) is 4.69. The van der Waals surface area contributed by atoms with Gasteiger partial charge in [0.1, 0.15) is 0 Å². The van der Waals surface area contributed by atoms with E-state index >= 15 is 0 Å². The molecule has 0 rings (SSSR count). The van der Waals surface area contributed by atoms with Gasteiger partial charge in [0, 0.05) is 6.54 Å². The first-order chi connectivity index (χ1) is 5.49. The molecule has 1 N–H and O–H groups in total. The number of rotatable bonds is 4. The van der Waals surface area contributed by atoms with E-state index in [2.05, 4.69) is 38.9 Å². The van der Waals surface area contributed by atoms with Gasteiger partial charge in [-0.1, -0.05) is 40.0 Å². The highest BCUT2D eigenvalue weighted by Gasteiger charge is 2.11. The largest absolute Gasteiger partial charge is 0.303 e. The molecule has 1 heteroatoms. The summed E-state index contributed by atoms with van der Waals surface area (Å²) in [6, 6.07) is 0.259. The van der Waals surface area contributed by atoms with Crippen LogP contribution in [-0.2, 0) is 0 Å².